The SMILES string of the molecule is CCN(C(=O)CCc1nc2sc3c(c2c(=O)[nH]1)CCC(C)C3)C(C)c1cccnc1. The van der Waals surface area contributed by atoms with Crippen molar-refractivity contribution >= 4 is 27.5 Å². The Kier molecular flexibility index (Phi) is 5.99. The molecule has 0 aliphatic heterocycles. The lowest BCUT2D eigenvalue weighted by Crippen LogP contribution is -2.33. The average Bonchev–Trinajstić information content (AvgIpc) is 3.11. The molecule has 0 fully saturated rings. The maximum Gasteiger partial charge on any atom is 0.259 e. The van der Waals surface area contributed by atoms with E-state index in [2.05, 4.69) is 16.9 Å². The van der Waals surface area contributed by atoms with Crippen LogP contribution in [0.25, 0.3) is 10.2 Å². The number of pyridine rings is 1. The van der Waals surface area contributed by atoms with Crippen LogP contribution in [-0.2, 0) is 24.1 Å². The molecule has 0 radical (unpaired) electrons. The van der Waals surface area contributed by atoms with Crippen LogP contribution in [0.15, 0.2) is 29.3 Å². The summed E-state index contributed by atoms with van der Waals surface area (Å²) in [6, 6.07) is 3.83. The summed E-state index contributed by atoms with van der Waals surface area (Å²) in [4.78, 5) is 41.4. The van der Waals surface area contributed by atoms with Gasteiger partial charge in [-0.15, -0.1) is 11.3 Å². The third kappa shape index (κ3) is 4.03. The van der Waals surface area contributed by atoms with Crippen molar-refractivity contribution in [3.8, 4) is 0 Å². The van der Waals surface area contributed by atoms with Crippen molar-refractivity contribution in [3.05, 3.63) is 56.7 Å². The maximum atomic E-state index is 12.9. The summed E-state index contributed by atoms with van der Waals surface area (Å²) >= 11 is 1.65. The zero-order valence-electron chi connectivity index (χ0n) is 17.8. The van der Waals surface area contributed by atoms with E-state index in [1.54, 1.807) is 23.7 Å². The average molecular weight is 425 g/mol. The Labute approximate surface area is 180 Å². The number of carbonyl (C=O) groups is 1. The van der Waals surface area contributed by atoms with Crippen LogP contribution in [0, 0.1) is 5.92 Å². The molecule has 6 nitrogen and oxygen atoms in total. The fraction of sp³-hybridized carbons (Fsp3) is 0.478. The largest absolute Gasteiger partial charge is 0.336 e. The topological polar surface area (TPSA) is 79.0 Å². The molecular formula is C23H28N4O2S. The van der Waals surface area contributed by atoms with Gasteiger partial charge in [0.25, 0.3) is 5.56 Å². The summed E-state index contributed by atoms with van der Waals surface area (Å²) in [5.74, 6) is 1.30. The quantitative estimate of drug-likeness (QED) is 0.648. The van der Waals surface area contributed by atoms with E-state index < -0.39 is 0 Å². The Morgan fingerprint density at radius 2 is 2.27 bits per heavy atom. The molecular weight excluding hydrogens is 396 g/mol. The van der Waals surface area contributed by atoms with Gasteiger partial charge in [0.15, 0.2) is 0 Å². The number of aromatic amines is 1. The highest BCUT2D eigenvalue weighted by Gasteiger charge is 2.24. The maximum absolute atomic E-state index is 12.9. The third-order valence-electron chi connectivity index (χ3n) is 6.09. The molecule has 1 aliphatic carbocycles. The molecule has 2 unspecified atom stereocenters. The van der Waals surface area contributed by atoms with E-state index in [1.807, 2.05) is 30.9 Å². The summed E-state index contributed by atoms with van der Waals surface area (Å²) in [5, 5.41) is 0.761. The van der Waals surface area contributed by atoms with Gasteiger partial charge in [0.2, 0.25) is 5.91 Å². The lowest BCUT2D eigenvalue weighted by Gasteiger charge is -2.28. The minimum absolute atomic E-state index is 0.0447. The molecule has 0 spiro atoms. The van der Waals surface area contributed by atoms with Crippen molar-refractivity contribution < 1.29 is 4.79 Å². The number of hydrogen-bond acceptors (Lipinski definition) is 5. The van der Waals surface area contributed by atoms with Crippen LogP contribution in [0.1, 0.15) is 61.5 Å². The zero-order valence-corrected chi connectivity index (χ0v) is 18.6. The van der Waals surface area contributed by atoms with Gasteiger partial charge in [-0.2, -0.15) is 0 Å². The van der Waals surface area contributed by atoms with Gasteiger partial charge in [-0.3, -0.25) is 14.6 Å². The Bertz CT molecular complexity index is 1110. The van der Waals surface area contributed by atoms with Gasteiger partial charge in [-0.25, -0.2) is 4.98 Å². The number of hydrogen-bond donors (Lipinski definition) is 1. The summed E-state index contributed by atoms with van der Waals surface area (Å²) in [6.07, 6.45) is 7.38. The van der Waals surface area contributed by atoms with Crippen molar-refractivity contribution in [2.24, 2.45) is 5.92 Å². The molecule has 0 aromatic carbocycles. The van der Waals surface area contributed by atoms with Crippen LogP contribution in [0.4, 0.5) is 0 Å². The van der Waals surface area contributed by atoms with Crippen molar-refractivity contribution in [3.63, 3.8) is 0 Å². The van der Waals surface area contributed by atoms with E-state index in [4.69, 9.17) is 4.98 Å². The van der Waals surface area contributed by atoms with Crippen LogP contribution in [0.2, 0.25) is 0 Å². The lowest BCUT2D eigenvalue weighted by molar-refractivity contribution is -0.133. The van der Waals surface area contributed by atoms with Gasteiger partial charge in [-0.05, 0) is 56.2 Å². The highest BCUT2D eigenvalue weighted by molar-refractivity contribution is 7.18. The molecule has 0 saturated heterocycles. The molecule has 4 rings (SSSR count). The Balaban J connectivity index is 1.50. The molecule has 1 N–H and O–H groups in total. The highest BCUT2D eigenvalue weighted by Crippen LogP contribution is 2.35. The summed E-state index contributed by atoms with van der Waals surface area (Å²) < 4.78 is 0. The summed E-state index contributed by atoms with van der Waals surface area (Å²) in [6.45, 7) is 6.87. The number of amides is 1. The predicted molar refractivity (Wildman–Crippen MR) is 120 cm³/mol. The standard InChI is InChI=1S/C23H28N4O2S/c1-4-27(15(3)16-6-5-11-24-13-16)20(28)10-9-19-25-22(29)21-17-8-7-14(2)12-18(17)30-23(21)26-19/h5-6,11,13-15H,4,7-10,12H2,1-3H3,(H,25,26,29). The van der Waals surface area contributed by atoms with Crippen LogP contribution in [-0.4, -0.2) is 32.3 Å². The van der Waals surface area contributed by atoms with Crippen LogP contribution in [0.5, 0.6) is 0 Å². The lowest BCUT2D eigenvalue weighted by atomic mass is 9.89. The number of nitrogens with zero attached hydrogens (tertiary/aromatic N) is 3. The number of aryl methyl sites for hydroxylation is 2. The number of carbonyl (C=O) groups excluding carboxylic acids is 1. The highest BCUT2D eigenvalue weighted by atomic mass is 32.1. The summed E-state index contributed by atoms with van der Waals surface area (Å²) in [7, 11) is 0. The number of aromatic nitrogens is 3. The number of fused-ring (bicyclic) bond motifs is 3. The molecule has 1 aliphatic rings. The predicted octanol–water partition coefficient (Wildman–Crippen LogP) is 4.05. The van der Waals surface area contributed by atoms with Gasteiger partial charge in [0, 0.05) is 36.7 Å². The number of H-pyrrole nitrogens is 1. The summed E-state index contributed by atoms with van der Waals surface area (Å²) in [5.41, 5.74) is 2.14. The minimum Gasteiger partial charge on any atom is -0.336 e. The molecule has 3 heterocycles. The van der Waals surface area contributed by atoms with Crippen molar-refractivity contribution in [1.29, 1.82) is 0 Å². The molecule has 3 aromatic rings. The first-order chi connectivity index (χ1) is 14.5. The molecule has 0 bridgehead atoms. The second-order valence-corrected chi connectivity index (χ2v) is 9.27. The molecule has 1 amide bonds. The molecule has 7 heteroatoms. The first-order valence-electron chi connectivity index (χ1n) is 10.7. The fourth-order valence-electron chi connectivity index (χ4n) is 4.35. The van der Waals surface area contributed by atoms with E-state index in [0.717, 1.165) is 35.0 Å². The molecule has 3 aromatic heterocycles. The van der Waals surface area contributed by atoms with Crippen molar-refractivity contribution in [2.75, 3.05) is 6.54 Å². The van der Waals surface area contributed by atoms with Crippen LogP contribution >= 0.6 is 11.3 Å². The molecule has 30 heavy (non-hydrogen) atoms. The monoisotopic (exact) mass is 424 g/mol. The second-order valence-electron chi connectivity index (χ2n) is 8.19. The Morgan fingerprint density at radius 1 is 1.43 bits per heavy atom. The van der Waals surface area contributed by atoms with E-state index in [0.29, 0.717) is 31.1 Å². The Hall–Kier alpha value is -2.54. The van der Waals surface area contributed by atoms with Gasteiger partial charge in [0.05, 0.1) is 11.4 Å². The van der Waals surface area contributed by atoms with E-state index >= 15 is 0 Å². The van der Waals surface area contributed by atoms with E-state index in [9.17, 15) is 9.59 Å². The van der Waals surface area contributed by atoms with Gasteiger partial charge in [-0.1, -0.05) is 13.0 Å². The van der Waals surface area contributed by atoms with Gasteiger partial charge in [0.1, 0.15) is 10.7 Å². The van der Waals surface area contributed by atoms with E-state index in [1.165, 1.54) is 10.4 Å². The number of rotatable bonds is 6. The first kappa shape index (κ1) is 20.7. The number of thiophene rings is 1. The van der Waals surface area contributed by atoms with E-state index in [-0.39, 0.29) is 17.5 Å². The van der Waals surface area contributed by atoms with Gasteiger partial charge < -0.3 is 9.88 Å². The van der Waals surface area contributed by atoms with Crippen LogP contribution in [0.3, 0.4) is 0 Å². The minimum atomic E-state index is -0.0643. The molecule has 0 saturated carbocycles. The van der Waals surface area contributed by atoms with Crippen molar-refractivity contribution in [1.82, 2.24) is 19.9 Å². The van der Waals surface area contributed by atoms with Crippen LogP contribution < -0.4 is 5.56 Å². The normalized spacial score (nSPS) is 17.0. The third-order valence-corrected chi connectivity index (χ3v) is 7.23. The Morgan fingerprint density at radius 3 is 3.00 bits per heavy atom. The second kappa shape index (κ2) is 8.68. The smallest absolute Gasteiger partial charge is 0.259 e. The van der Waals surface area contributed by atoms with Crippen molar-refractivity contribution in [2.45, 2.75) is 58.9 Å². The zero-order chi connectivity index (χ0) is 21.3. The molecule has 2 atom stereocenters. The first-order valence-corrected chi connectivity index (χ1v) is 11.5. The fourth-order valence-corrected chi connectivity index (χ4v) is 5.75. The number of nitrogens with one attached hydrogen (secondary N) is 1. The molecule has 158 valence electrons. The van der Waals surface area contributed by atoms with Gasteiger partial charge >= 0.3 is 0 Å².